The quantitative estimate of drug-likeness (QED) is 0.539. The summed E-state index contributed by atoms with van der Waals surface area (Å²) in [5, 5.41) is 3.03. The highest BCUT2D eigenvalue weighted by atomic mass is 32.2. The molecule has 4 rings (SSSR count). The summed E-state index contributed by atoms with van der Waals surface area (Å²) in [7, 11) is -0.280. The molecule has 1 aliphatic rings. The molecule has 3 aromatic rings. The van der Waals surface area contributed by atoms with Crippen LogP contribution >= 0.6 is 0 Å². The number of piperidine rings is 1. The molecule has 1 amide bonds. The molecular weight excluding hydrogens is 464 g/mol. The average Bonchev–Trinajstić information content (AvgIpc) is 3.27. The summed E-state index contributed by atoms with van der Waals surface area (Å²) < 4.78 is 35.6. The van der Waals surface area contributed by atoms with E-state index in [-0.39, 0.29) is 10.5 Å². The fourth-order valence-corrected chi connectivity index (χ4v) is 6.53. The third-order valence-corrected chi connectivity index (χ3v) is 8.24. The minimum absolute atomic E-state index is 0.122. The Bertz CT molecular complexity index is 1290. The number of ether oxygens (including phenoxy) is 1. The molecular formula is C26H32N4O4S. The average molecular weight is 497 g/mol. The molecule has 1 N–H and O–H groups in total. The number of benzene rings is 2. The van der Waals surface area contributed by atoms with Crippen molar-refractivity contribution in [3.05, 3.63) is 77.9 Å². The number of imidazole rings is 1. The van der Waals surface area contributed by atoms with Crippen LogP contribution in [-0.2, 0) is 17.1 Å². The van der Waals surface area contributed by atoms with Gasteiger partial charge in [-0.15, -0.1) is 0 Å². The lowest BCUT2D eigenvalue weighted by Gasteiger charge is -2.34. The van der Waals surface area contributed by atoms with Gasteiger partial charge in [0.1, 0.15) is 17.6 Å². The van der Waals surface area contributed by atoms with Crippen molar-refractivity contribution >= 4 is 15.9 Å². The maximum Gasteiger partial charge on any atom is 0.252 e. The van der Waals surface area contributed by atoms with Crippen LogP contribution in [0.5, 0.6) is 5.75 Å². The number of para-hydroxylation sites is 1. The van der Waals surface area contributed by atoms with Crippen LogP contribution in [0.25, 0.3) is 0 Å². The summed E-state index contributed by atoms with van der Waals surface area (Å²) in [5.74, 6) is 1.42. The Balaban J connectivity index is 1.65. The van der Waals surface area contributed by atoms with E-state index in [9.17, 15) is 13.2 Å². The van der Waals surface area contributed by atoms with Crippen molar-refractivity contribution in [1.82, 2.24) is 19.2 Å². The molecule has 1 aliphatic heterocycles. The van der Waals surface area contributed by atoms with Crippen LogP contribution in [0.15, 0.2) is 65.8 Å². The molecule has 9 heteroatoms. The molecule has 0 saturated carbocycles. The molecule has 3 atom stereocenters. The Morgan fingerprint density at radius 2 is 1.83 bits per heavy atom. The third-order valence-electron chi connectivity index (χ3n) is 6.41. The number of hydrogen-bond acceptors (Lipinski definition) is 5. The Morgan fingerprint density at radius 1 is 1.11 bits per heavy atom. The fourth-order valence-electron chi connectivity index (χ4n) is 4.80. The van der Waals surface area contributed by atoms with Crippen LogP contribution in [0.4, 0.5) is 0 Å². The van der Waals surface area contributed by atoms with E-state index in [2.05, 4.69) is 24.1 Å². The monoisotopic (exact) mass is 496 g/mol. The van der Waals surface area contributed by atoms with Gasteiger partial charge in [-0.1, -0.05) is 38.1 Å². The van der Waals surface area contributed by atoms with Crippen molar-refractivity contribution in [3.63, 3.8) is 0 Å². The van der Waals surface area contributed by atoms with Gasteiger partial charge in [-0.05, 0) is 42.5 Å². The van der Waals surface area contributed by atoms with E-state index in [0.29, 0.717) is 36.5 Å². The van der Waals surface area contributed by atoms with Gasteiger partial charge in [-0.25, -0.2) is 13.4 Å². The Labute approximate surface area is 207 Å². The smallest absolute Gasteiger partial charge is 0.252 e. The number of aryl methyl sites for hydroxylation is 1. The number of sulfonamides is 1. The first-order chi connectivity index (χ1) is 16.7. The maximum atomic E-state index is 13.4. The van der Waals surface area contributed by atoms with Gasteiger partial charge < -0.3 is 14.6 Å². The molecule has 2 heterocycles. The van der Waals surface area contributed by atoms with E-state index in [1.54, 1.807) is 37.7 Å². The number of aromatic nitrogens is 2. The van der Waals surface area contributed by atoms with E-state index in [4.69, 9.17) is 4.74 Å². The van der Waals surface area contributed by atoms with Gasteiger partial charge in [0.25, 0.3) is 5.91 Å². The molecule has 0 spiro atoms. The van der Waals surface area contributed by atoms with E-state index < -0.39 is 22.0 Å². The molecule has 0 radical (unpaired) electrons. The van der Waals surface area contributed by atoms with Crippen LogP contribution in [0.1, 0.15) is 48.1 Å². The first-order valence-electron chi connectivity index (χ1n) is 11.7. The second-order valence-corrected chi connectivity index (χ2v) is 11.3. The van der Waals surface area contributed by atoms with Gasteiger partial charge >= 0.3 is 0 Å². The molecule has 1 aromatic heterocycles. The zero-order chi connectivity index (χ0) is 25.2. The largest absolute Gasteiger partial charge is 0.496 e. The summed E-state index contributed by atoms with van der Waals surface area (Å²) in [6.45, 7) is 5.10. The molecule has 0 unspecified atom stereocenters. The van der Waals surface area contributed by atoms with Gasteiger partial charge in [0.2, 0.25) is 10.0 Å². The highest BCUT2D eigenvalue weighted by Gasteiger charge is 2.32. The predicted octanol–water partition coefficient (Wildman–Crippen LogP) is 3.61. The molecule has 35 heavy (non-hydrogen) atoms. The fraction of sp³-hybridized carbons (Fsp3) is 0.385. The summed E-state index contributed by atoms with van der Waals surface area (Å²) in [5.41, 5.74) is 1.01. The van der Waals surface area contributed by atoms with Crippen LogP contribution in [0, 0.1) is 11.8 Å². The number of carbonyl (C=O) groups is 1. The number of methoxy groups -OCH3 is 1. The van der Waals surface area contributed by atoms with Gasteiger partial charge in [0, 0.05) is 43.7 Å². The number of amides is 1. The van der Waals surface area contributed by atoms with E-state index >= 15 is 0 Å². The molecule has 1 fully saturated rings. The first kappa shape index (κ1) is 24.9. The maximum absolute atomic E-state index is 13.4. The SMILES string of the molecule is COc1ccccc1[C@H](NC(=O)c1cccc(S(=O)(=O)N2C[C@H](C)C[C@H](C)C2)c1)c1nccn1C. The zero-order valence-corrected chi connectivity index (χ0v) is 21.3. The predicted molar refractivity (Wildman–Crippen MR) is 134 cm³/mol. The second-order valence-electron chi connectivity index (χ2n) is 9.34. The van der Waals surface area contributed by atoms with Gasteiger partial charge in [-0.3, -0.25) is 4.79 Å². The highest BCUT2D eigenvalue weighted by Crippen LogP contribution is 2.30. The van der Waals surface area contributed by atoms with Crippen molar-refractivity contribution in [2.75, 3.05) is 20.2 Å². The van der Waals surface area contributed by atoms with Gasteiger partial charge in [0.15, 0.2) is 0 Å². The molecule has 8 nitrogen and oxygen atoms in total. The zero-order valence-electron chi connectivity index (χ0n) is 20.5. The van der Waals surface area contributed by atoms with Crippen LogP contribution in [0.3, 0.4) is 0 Å². The molecule has 1 saturated heterocycles. The lowest BCUT2D eigenvalue weighted by atomic mass is 9.94. The normalized spacial score (nSPS) is 19.8. The number of nitrogens with zero attached hydrogens (tertiary/aromatic N) is 3. The Kier molecular flexibility index (Phi) is 7.28. The number of nitrogens with one attached hydrogen (secondary N) is 1. The van der Waals surface area contributed by atoms with Crippen LogP contribution < -0.4 is 10.1 Å². The second kappa shape index (κ2) is 10.2. The van der Waals surface area contributed by atoms with Crippen LogP contribution in [-0.4, -0.2) is 48.4 Å². The van der Waals surface area contributed by atoms with Crippen molar-refractivity contribution in [1.29, 1.82) is 0 Å². The Morgan fingerprint density at radius 3 is 2.49 bits per heavy atom. The number of hydrogen-bond donors (Lipinski definition) is 1. The Hall–Kier alpha value is -3.17. The lowest BCUT2D eigenvalue weighted by molar-refractivity contribution is 0.0940. The highest BCUT2D eigenvalue weighted by molar-refractivity contribution is 7.89. The van der Waals surface area contributed by atoms with Gasteiger partial charge in [0.05, 0.1) is 12.0 Å². The van der Waals surface area contributed by atoms with Gasteiger partial charge in [-0.2, -0.15) is 4.31 Å². The van der Waals surface area contributed by atoms with Crippen molar-refractivity contribution in [2.45, 2.75) is 31.2 Å². The lowest BCUT2D eigenvalue weighted by Crippen LogP contribution is -2.42. The summed E-state index contributed by atoms with van der Waals surface area (Å²) in [4.78, 5) is 18.0. The van der Waals surface area contributed by atoms with Crippen molar-refractivity contribution in [2.24, 2.45) is 18.9 Å². The summed E-state index contributed by atoms with van der Waals surface area (Å²) in [6.07, 6.45) is 4.47. The minimum Gasteiger partial charge on any atom is -0.496 e. The van der Waals surface area contributed by atoms with E-state index in [0.717, 1.165) is 12.0 Å². The van der Waals surface area contributed by atoms with E-state index in [1.165, 1.54) is 10.4 Å². The third kappa shape index (κ3) is 5.26. The summed E-state index contributed by atoms with van der Waals surface area (Å²) in [6, 6.07) is 13.1. The number of carbonyl (C=O) groups excluding carboxylic acids is 1. The summed E-state index contributed by atoms with van der Waals surface area (Å²) >= 11 is 0. The minimum atomic E-state index is -3.71. The topological polar surface area (TPSA) is 93.5 Å². The van der Waals surface area contributed by atoms with Crippen LogP contribution in [0.2, 0.25) is 0 Å². The molecule has 0 aliphatic carbocycles. The molecule has 0 bridgehead atoms. The van der Waals surface area contributed by atoms with Crippen molar-refractivity contribution in [3.8, 4) is 5.75 Å². The first-order valence-corrected chi connectivity index (χ1v) is 13.2. The standard InChI is InChI=1S/C26H32N4O4S/c1-18-14-19(2)17-30(16-18)35(32,33)21-9-7-8-20(15-21)26(31)28-24(25-27-12-13-29(25)3)22-10-5-6-11-23(22)34-4/h5-13,15,18-19,24H,14,16-17H2,1-4H3,(H,28,31)/t18-,19+,24-/m0/s1. The van der Waals surface area contributed by atoms with Crippen molar-refractivity contribution < 1.29 is 17.9 Å². The number of rotatable bonds is 7. The van der Waals surface area contributed by atoms with E-state index in [1.807, 2.05) is 35.9 Å². The molecule has 186 valence electrons. The molecule has 2 aromatic carbocycles.